The van der Waals surface area contributed by atoms with Gasteiger partial charge in [0.15, 0.2) is 11.5 Å². The smallest absolute Gasteiger partial charge is 0.241 e. The summed E-state index contributed by atoms with van der Waals surface area (Å²) in [7, 11) is 1.65. The number of amides is 1. The number of piperazine rings is 1. The predicted molar refractivity (Wildman–Crippen MR) is 103 cm³/mol. The van der Waals surface area contributed by atoms with Gasteiger partial charge in [0.1, 0.15) is 0 Å². The molecule has 26 heavy (non-hydrogen) atoms. The van der Waals surface area contributed by atoms with Crippen LogP contribution in [0.3, 0.4) is 0 Å². The number of benzene rings is 2. The van der Waals surface area contributed by atoms with Crippen molar-refractivity contribution in [2.75, 3.05) is 31.6 Å². The minimum absolute atomic E-state index is 0.0958. The van der Waals surface area contributed by atoms with E-state index < -0.39 is 0 Å². The summed E-state index contributed by atoms with van der Waals surface area (Å²) in [6, 6.07) is 15.8. The lowest BCUT2D eigenvalue weighted by atomic mass is 10.1. The second-order valence-corrected chi connectivity index (χ2v) is 6.74. The molecule has 1 heterocycles. The van der Waals surface area contributed by atoms with Gasteiger partial charge in [0.25, 0.3) is 0 Å². The molecule has 2 aromatic carbocycles. The van der Waals surface area contributed by atoms with Crippen LogP contribution < -0.4 is 14.4 Å². The lowest BCUT2D eigenvalue weighted by Crippen LogP contribution is -2.50. The number of para-hydroxylation sites is 1. The van der Waals surface area contributed by atoms with E-state index in [2.05, 4.69) is 4.90 Å². The third-order valence-electron chi connectivity index (χ3n) is 4.36. The number of anilines is 1. The molecule has 5 nitrogen and oxygen atoms in total. The first-order valence-corrected chi connectivity index (χ1v) is 8.98. The number of hydrogen-bond acceptors (Lipinski definition) is 4. The van der Waals surface area contributed by atoms with Crippen molar-refractivity contribution in [1.82, 2.24) is 4.90 Å². The van der Waals surface area contributed by atoms with Crippen LogP contribution in [-0.4, -0.2) is 43.7 Å². The Bertz CT molecular complexity index is 746. The number of hydrogen-bond donors (Lipinski definition) is 0. The number of rotatable bonds is 6. The van der Waals surface area contributed by atoms with Crippen LogP contribution in [0.4, 0.5) is 5.69 Å². The Kier molecular flexibility index (Phi) is 5.78. The summed E-state index contributed by atoms with van der Waals surface area (Å²) in [5.41, 5.74) is 2.08. The minimum atomic E-state index is 0.0958. The first kappa shape index (κ1) is 18.3. The molecule has 3 rings (SSSR count). The van der Waals surface area contributed by atoms with Crippen LogP contribution >= 0.6 is 0 Å². The summed E-state index contributed by atoms with van der Waals surface area (Å²) >= 11 is 0. The lowest BCUT2D eigenvalue weighted by molar-refractivity contribution is -0.121. The molecule has 1 aliphatic rings. The zero-order chi connectivity index (χ0) is 18.5. The molecule has 1 fully saturated rings. The van der Waals surface area contributed by atoms with Gasteiger partial charge in [0, 0.05) is 25.3 Å². The molecule has 0 spiro atoms. The van der Waals surface area contributed by atoms with Crippen LogP contribution in [0.15, 0.2) is 48.5 Å². The maximum Gasteiger partial charge on any atom is 0.241 e. The Morgan fingerprint density at radius 2 is 1.81 bits per heavy atom. The Balaban J connectivity index is 1.64. The molecule has 0 bridgehead atoms. The fraction of sp³-hybridized carbons (Fsp3) is 0.381. The minimum Gasteiger partial charge on any atom is -0.493 e. The maximum atomic E-state index is 12.5. The third kappa shape index (κ3) is 4.35. The van der Waals surface area contributed by atoms with E-state index in [0.29, 0.717) is 19.6 Å². The van der Waals surface area contributed by atoms with Crippen molar-refractivity contribution in [3.05, 3.63) is 54.1 Å². The van der Waals surface area contributed by atoms with Gasteiger partial charge in [-0.1, -0.05) is 24.3 Å². The van der Waals surface area contributed by atoms with Crippen molar-refractivity contribution in [3.8, 4) is 11.5 Å². The molecule has 0 unspecified atom stereocenters. The van der Waals surface area contributed by atoms with Crippen molar-refractivity contribution in [2.24, 2.45) is 0 Å². The molecule has 0 saturated carbocycles. The average molecular weight is 354 g/mol. The molecule has 0 aromatic heterocycles. The molecule has 1 aliphatic heterocycles. The molecule has 5 heteroatoms. The molecule has 2 aromatic rings. The van der Waals surface area contributed by atoms with E-state index in [4.69, 9.17) is 9.47 Å². The standard InChI is InChI=1S/C21H26N2O3/c1-16(2)26-19-10-9-17(13-20(19)25-3)14-22-11-12-23(21(24)15-22)18-7-5-4-6-8-18/h4-10,13,16H,11-12,14-15H2,1-3H3. The monoisotopic (exact) mass is 354 g/mol. The van der Waals surface area contributed by atoms with Crippen molar-refractivity contribution in [3.63, 3.8) is 0 Å². The van der Waals surface area contributed by atoms with Crippen molar-refractivity contribution >= 4 is 11.6 Å². The van der Waals surface area contributed by atoms with E-state index in [9.17, 15) is 4.79 Å². The van der Waals surface area contributed by atoms with Gasteiger partial charge in [-0.3, -0.25) is 9.69 Å². The SMILES string of the molecule is COc1cc(CN2CCN(c3ccccc3)C(=O)C2)ccc1OC(C)C. The zero-order valence-electron chi connectivity index (χ0n) is 15.6. The highest BCUT2D eigenvalue weighted by Gasteiger charge is 2.25. The predicted octanol–water partition coefficient (Wildman–Crippen LogP) is 3.33. The molecule has 1 saturated heterocycles. The summed E-state index contributed by atoms with van der Waals surface area (Å²) in [5.74, 6) is 1.61. The average Bonchev–Trinajstić information content (AvgIpc) is 2.63. The molecule has 0 atom stereocenters. The van der Waals surface area contributed by atoms with Gasteiger partial charge >= 0.3 is 0 Å². The summed E-state index contributed by atoms with van der Waals surface area (Å²) in [6.07, 6.45) is 0.0958. The number of carbonyl (C=O) groups excluding carboxylic acids is 1. The first-order chi connectivity index (χ1) is 12.6. The summed E-state index contributed by atoms with van der Waals surface area (Å²) in [6.45, 7) is 6.66. The van der Waals surface area contributed by atoms with Crippen LogP contribution in [0.2, 0.25) is 0 Å². The maximum absolute atomic E-state index is 12.5. The largest absolute Gasteiger partial charge is 0.493 e. The third-order valence-corrected chi connectivity index (χ3v) is 4.36. The van der Waals surface area contributed by atoms with Crippen LogP contribution in [0, 0.1) is 0 Å². The summed E-state index contributed by atoms with van der Waals surface area (Å²) in [5, 5.41) is 0. The zero-order valence-corrected chi connectivity index (χ0v) is 15.6. The topological polar surface area (TPSA) is 42.0 Å². The molecule has 138 valence electrons. The van der Waals surface area contributed by atoms with Crippen LogP contribution in [-0.2, 0) is 11.3 Å². The fourth-order valence-electron chi connectivity index (χ4n) is 3.16. The van der Waals surface area contributed by atoms with Gasteiger partial charge in [0.2, 0.25) is 5.91 Å². The normalized spacial score (nSPS) is 15.4. The summed E-state index contributed by atoms with van der Waals surface area (Å²) < 4.78 is 11.2. The van der Waals surface area contributed by atoms with Gasteiger partial charge < -0.3 is 14.4 Å². The number of carbonyl (C=O) groups is 1. The molecular weight excluding hydrogens is 328 g/mol. The van der Waals surface area contributed by atoms with E-state index in [1.165, 1.54) is 0 Å². The Labute approximate surface area is 155 Å². The van der Waals surface area contributed by atoms with Crippen molar-refractivity contribution in [1.29, 1.82) is 0 Å². The number of ether oxygens (including phenoxy) is 2. The van der Waals surface area contributed by atoms with Crippen molar-refractivity contribution < 1.29 is 14.3 Å². The molecule has 1 amide bonds. The van der Waals surface area contributed by atoms with Crippen LogP contribution in [0.25, 0.3) is 0 Å². The summed E-state index contributed by atoms with van der Waals surface area (Å²) in [4.78, 5) is 16.6. The van der Waals surface area contributed by atoms with Crippen LogP contribution in [0.1, 0.15) is 19.4 Å². The van der Waals surface area contributed by atoms with Crippen molar-refractivity contribution in [2.45, 2.75) is 26.5 Å². The highest BCUT2D eigenvalue weighted by Crippen LogP contribution is 2.29. The Hall–Kier alpha value is -2.53. The molecule has 0 N–H and O–H groups in total. The highest BCUT2D eigenvalue weighted by atomic mass is 16.5. The fourth-order valence-corrected chi connectivity index (χ4v) is 3.16. The quantitative estimate of drug-likeness (QED) is 0.798. The van der Waals surface area contributed by atoms with Gasteiger partial charge in [-0.05, 0) is 43.7 Å². The van der Waals surface area contributed by atoms with Gasteiger partial charge in [0.05, 0.1) is 19.8 Å². The van der Waals surface area contributed by atoms with E-state index in [1.54, 1.807) is 7.11 Å². The molecular formula is C21H26N2O3. The first-order valence-electron chi connectivity index (χ1n) is 8.98. The Morgan fingerprint density at radius 1 is 1.04 bits per heavy atom. The van der Waals surface area contributed by atoms with Gasteiger partial charge in [-0.15, -0.1) is 0 Å². The van der Waals surface area contributed by atoms with E-state index in [-0.39, 0.29) is 12.0 Å². The second-order valence-electron chi connectivity index (χ2n) is 6.74. The van der Waals surface area contributed by atoms with E-state index in [0.717, 1.165) is 29.3 Å². The van der Waals surface area contributed by atoms with Crippen LogP contribution in [0.5, 0.6) is 11.5 Å². The van der Waals surface area contributed by atoms with E-state index >= 15 is 0 Å². The van der Waals surface area contributed by atoms with Gasteiger partial charge in [-0.25, -0.2) is 0 Å². The number of methoxy groups -OCH3 is 1. The lowest BCUT2D eigenvalue weighted by Gasteiger charge is -2.34. The van der Waals surface area contributed by atoms with E-state index in [1.807, 2.05) is 67.3 Å². The van der Waals surface area contributed by atoms with Gasteiger partial charge in [-0.2, -0.15) is 0 Å². The second kappa shape index (κ2) is 8.23. The Morgan fingerprint density at radius 3 is 2.46 bits per heavy atom. The highest BCUT2D eigenvalue weighted by molar-refractivity contribution is 5.95. The molecule has 0 aliphatic carbocycles. The number of nitrogens with zero attached hydrogens (tertiary/aromatic N) is 2. The molecule has 0 radical (unpaired) electrons.